The van der Waals surface area contributed by atoms with Crippen molar-refractivity contribution in [3.05, 3.63) is 29.8 Å². The molecule has 0 spiro atoms. The van der Waals surface area contributed by atoms with Crippen molar-refractivity contribution >= 4 is 0 Å². The molecule has 0 aliphatic carbocycles. The standard InChI is InChI=1S/C12H14F3NO2/c13-12(14,15)5-6-17-10-7-18-9-4-2-1-3-8(9)11(10)16/h1-4,10-11H,5-7,16H2. The van der Waals surface area contributed by atoms with E-state index in [1.54, 1.807) is 18.2 Å². The fraction of sp³-hybridized carbons (Fsp3) is 0.500. The van der Waals surface area contributed by atoms with Gasteiger partial charge in [0.1, 0.15) is 18.5 Å². The molecule has 1 aromatic rings. The summed E-state index contributed by atoms with van der Waals surface area (Å²) in [5, 5.41) is 0. The lowest BCUT2D eigenvalue weighted by Gasteiger charge is -2.31. The molecule has 3 nitrogen and oxygen atoms in total. The van der Waals surface area contributed by atoms with E-state index >= 15 is 0 Å². The van der Waals surface area contributed by atoms with E-state index in [-0.39, 0.29) is 6.61 Å². The Labute approximate surface area is 103 Å². The molecular weight excluding hydrogens is 247 g/mol. The van der Waals surface area contributed by atoms with Gasteiger partial charge < -0.3 is 15.2 Å². The van der Waals surface area contributed by atoms with Crippen molar-refractivity contribution in [3.63, 3.8) is 0 Å². The van der Waals surface area contributed by atoms with Crippen molar-refractivity contribution in [1.29, 1.82) is 0 Å². The molecule has 0 fully saturated rings. The topological polar surface area (TPSA) is 44.5 Å². The van der Waals surface area contributed by atoms with Crippen molar-refractivity contribution in [2.75, 3.05) is 13.2 Å². The van der Waals surface area contributed by atoms with Crippen LogP contribution in [0.2, 0.25) is 0 Å². The quantitative estimate of drug-likeness (QED) is 0.908. The molecule has 2 unspecified atom stereocenters. The lowest BCUT2D eigenvalue weighted by Crippen LogP contribution is -2.38. The van der Waals surface area contributed by atoms with Crippen LogP contribution in [0.5, 0.6) is 5.75 Å². The molecule has 0 radical (unpaired) electrons. The minimum Gasteiger partial charge on any atom is -0.490 e. The Bertz CT molecular complexity index is 409. The highest BCUT2D eigenvalue weighted by Gasteiger charge is 2.31. The first-order chi connectivity index (χ1) is 8.47. The average molecular weight is 261 g/mol. The molecule has 0 saturated carbocycles. The van der Waals surface area contributed by atoms with E-state index in [4.69, 9.17) is 15.2 Å². The van der Waals surface area contributed by atoms with Gasteiger partial charge in [-0.2, -0.15) is 13.2 Å². The summed E-state index contributed by atoms with van der Waals surface area (Å²) >= 11 is 0. The first-order valence-corrected chi connectivity index (χ1v) is 5.63. The highest BCUT2D eigenvalue weighted by molar-refractivity contribution is 5.38. The van der Waals surface area contributed by atoms with E-state index in [1.165, 1.54) is 0 Å². The number of hydrogen-bond donors (Lipinski definition) is 1. The van der Waals surface area contributed by atoms with Crippen LogP contribution < -0.4 is 10.5 Å². The van der Waals surface area contributed by atoms with Gasteiger partial charge in [-0.1, -0.05) is 18.2 Å². The maximum Gasteiger partial charge on any atom is 0.391 e. The molecule has 2 atom stereocenters. The molecule has 1 aromatic carbocycles. The number of ether oxygens (including phenoxy) is 2. The lowest BCUT2D eigenvalue weighted by molar-refractivity contribution is -0.152. The molecule has 0 bridgehead atoms. The predicted octanol–water partition coefficient (Wildman–Crippen LogP) is 2.42. The second-order valence-corrected chi connectivity index (χ2v) is 4.15. The number of alkyl halides is 3. The molecule has 1 aliphatic heterocycles. The number of rotatable bonds is 3. The molecule has 0 amide bonds. The van der Waals surface area contributed by atoms with Crippen LogP contribution >= 0.6 is 0 Å². The lowest BCUT2D eigenvalue weighted by atomic mass is 9.99. The van der Waals surface area contributed by atoms with Gasteiger partial charge in [-0.15, -0.1) is 0 Å². The third kappa shape index (κ3) is 3.14. The zero-order valence-corrected chi connectivity index (χ0v) is 9.61. The minimum absolute atomic E-state index is 0.177. The van der Waals surface area contributed by atoms with E-state index in [0.29, 0.717) is 5.75 Å². The van der Waals surface area contributed by atoms with Crippen LogP contribution in [-0.2, 0) is 4.74 Å². The number of nitrogens with two attached hydrogens (primary N) is 1. The molecule has 2 N–H and O–H groups in total. The van der Waals surface area contributed by atoms with E-state index in [0.717, 1.165) is 5.56 Å². The van der Waals surface area contributed by atoms with Crippen LogP contribution in [0.4, 0.5) is 13.2 Å². The van der Waals surface area contributed by atoms with E-state index in [1.807, 2.05) is 6.07 Å². The second kappa shape index (κ2) is 5.16. The maximum atomic E-state index is 12.0. The zero-order chi connectivity index (χ0) is 13.2. The Hall–Kier alpha value is -1.27. The number of benzene rings is 1. The SMILES string of the molecule is NC1c2ccccc2OCC1OCCC(F)(F)F. The summed E-state index contributed by atoms with van der Waals surface area (Å²) < 4.78 is 46.6. The minimum atomic E-state index is -4.21. The highest BCUT2D eigenvalue weighted by Crippen LogP contribution is 2.31. The molecule has 2 rings (SSSR count). The zero-order valence-electron chi connectivity index (χ0n) is 9.61. The summed E-state index contributed by atoms with van der Waals surface area (Å²) in [5.41, 5.74) is 6.72. The number of para-hydroxylation sites is 1. The Morgan fingerprint density at radius 3 is 2.78 bits per heavy atom. The molecule has 1 aliphatic rings. The van der Waals surface area contributed by atoms with Crippen LogP contribution in [0.1, 0.15) is 18.0 Å². The van der Waals surface area contributed by atoms with Crippen molar-refractivity contribution < 1.29 is 22.6 Å². The summed E-state index contributed by atoms with van der Waals surface area (Å²) in [6.07, 6.45) is -5.72. The van der Waals surface area contributed by atoms with Gasteiger partial charge in [0.2, 0.25) is 0 Å². The summed E-state index contributed by atoms with van der Waals surface area (Å²) in [4.78, 5) is 0. The Balaban J connectivity index is 1.93. The first kappa shape index (κ1) is 13.2. The highest BCUT2D eigenvalue weighted by atomic mass is 19.4. The summed E-state index contributed by atoms with van der Waals surface area (Å²) in [6, 6.07) is 6.74. The van der Waals surface area contributed by atoms with Crippen LogP contribution in [0, 0.1) is 0 Å². The molecular formula is C12H14F3NO2. The smallest absolute Gasteiger partial charge is 0.391 e. The van der Waals surface area contributed by atoms with E-state index < -0.39 is 31.3 Å². The summed E-state index contributed by atoms with van der Waals surface area (Å²) in [6.45, 7) is -0.219. The van der Waals surface area contributed by atoms with Gasteiger partial charge in [-0.25, -0.2) is 0 Å². The van der Waals surface area contributed by atoms with Gasteiger partial charge in [0, 0.05) is 5.56 Å². The molecule has 6 heteroatoms. The summed E-state index contributed by atoms with van der Waals surface area (Å²) in [7, 11) is 0. The Morgan fingerprint density at radius 2 is 2.06 bits per heavy atom. The second-order valence-electron chi connectivity index (χ2n) is 4.15. The number of halogens is 3. The van der Waals surface area contributed by atoms with Crippen LogP contribution in [-0.4, -0.2) is 25.5 Å². The van der Waals surface area contributed by atoms with Gasteiger partial charge in [0.05, 0.1) is 19.1 Å². The van der Waals surface area contributed by atoms with Crippen LogP contribution in [0.3, 0.4) is 0 Å². The van der Waals surface area contributed by atoms with Gasteiger partial charge >= 0.3 is 6.18 Å². The van der Waals surface area contributed by atoms with E-state index in [9.17, 15) is 13.2 Å². The molecule has 0 aromatic heterocycles. The third-order valence-corrected chi connectivity index (χ3v) is 2.80. The third-order valence-electron chi connectivity index (χ3n) is 2.80. The van der Waals surface area contributed by atoms with E-state index in [2.05, 4.69) is 0 Å². The maximum absolute atomic E-state index is 12.0. The fourth-order valence-corrected chi connectivity index (χ4v) is 1.84. The normalized spacial score (nSPS) is 23.3. The first-order valence-electron chi connectivity index (χ1n) is 5.63. The van der Waals surface area contributed by atoms with Crippen LogP contribution in [0.15, 0.2) is 24.3 Å². The Kier molecular flexibility index (Phi) is 3.77. The number of hydrogen-bond acceptors (Lipinski definition) is 3. The molecule has 0 saturated heterocycles. The fourth-order valence-electron chi connectivity index (χ4n) is 1.84. The largest absolute Gasteiger partial charge is 0.490 e. The predicted molar refractivity (Wildman–Crippen MR) is 59.3 cm³/mol. The van der Waals surface area contributed by atoms with Crippen molar-refractivity contribution in [2.45, 2.75) is 24.7 Å². The van der Waals surface area contributed by atoms with Crippen LogP contribution in [0.25, 0.3) is 0 Å². The monoisotopic (exact) mass is 261 g/mol. The van der Waals surface area contributed by atoms with Crippen molar-refractivity contribution in [3.8, 4) is 5.75 Å². The molecule has 18 heavy (non-hydrogen) atoms. The average Bonchev–Trinajstić information content (AvgIpc) is 2.31. The summed E-state index contributed by atoms with van der Waals surface area (Å²) in [5.74, 6) is 0.667. The van der Waals surface area contributed by atoms with Gasteiger partial charge in [-0.3, -0.25) is 0 Å². The van der Waals surface area contributed by atoms with Crippen molar-refractivity contribution in [2.24, 2.45) is 5.73 Å². The van der Waals surface area contributed by atoms with Gasteiger partial charge in [0.25, 0.3) is 0 Å². The van der Waals surface area contributed by atoms with Gasteiger partial charge in [0.15, 0.2) is 0 Å². The molecule has 1 heterocycles. The number of fused-ring (bicyclic) bond motifs is 1. The van der Waals surface area contributed by atoms with Crippen molar-refractivity contribution in [1.82, 2.24) is 0 Å². The van der Waals surface area contributed by atoms with Gasteiger partial charge in [-0.05, 0) is 6.07 Å². The Morgan fingerprint density at radius 1 is 1.33 bits per heavy atom. The molecule has 100 valence electrons.